The van der Waals surface area contributed by atoms with Gasteiger partial charge in [0.2, 0.25) is 0 Å². The molecule has 5 rings (SSSR count). The largest absolute Gasteiger partial charge is 0.340 e. The van der Waals surface area contributed by atoms with E-state index in [1.54, 1.807) is 34.0 Å². The summed E-state index contributed by atoms with van der Waals surface area (Å²) in [5.41, 5.74) is 3.42. The van der Waals surface area contributed by atoms with E-state index < -0.39 is 0 Å². The summed E-state index contributed by atoms with van der Waals surface area (Å²) < 4.78 is 17.4. The topological polar surface area (TPSA) is 101 Å². The van der Waals surface area contributed by atoms with Crippen molar-refractivity contribution in [2.24, 2.45) is 0 Å². The predicted molar refractivity (Wildman–Crippen MR) is 100 cm³/mol. The van der Waals surface area contributed by atoms with Crippen molar-refractivity contribution in [1.82, 2.24) is 34.3 Å². The summed E-state index contributed by atoms with van der Waals surface area (Å²) in [6.45, 7) is 1.90. The monoisotopic (exact) mass is 374 g/mol. The second kappa shape index (κ2) is 6.08. The predicted octanol–water partition coefficient (Wildman–Crippen LogP) is 2.72. The summed E-state index contributed by atoms with van der Waals surface area (Å²) in [7, 11) is 0. The van der Waals surface area contributed by atoms with Gasteiger partial charge in [0.1, 0.15) is 11.3 Å². The molecule has 0 aliphatic carbocycles. The van der Waals surface area contributed by atoms with E-state index in [0.29, 0.717) is 22.2 Å². The van der Waals surface area contributed by atoms with E-state index in [-0.39, 0.29) is 17.3 Å². The Bertz CT molecular complexity index is 1370. The first-order valence-corrected chi connectivity index (χ1v) is 8.67. The first-order valence-electron chi connectivity index (χ1n) is 8.67. The fraction of sp³-hybridized carbons (Fsp3) is 0.105. The van der Waals surface area contributed by atoms with E-state index in [1.807, 2.05) is 19.1 Å². The number of hydrogen-bond donors (Lipinski definition) is 2. The molecule has 8 nitrogen and oxygen atoms in total. The molecule has 0 bridgehead atoms. The van der Waals surface area contributed by atoms with Crippen LogP contribution in [-0.4, -0.2) is 34.3 Å². The summed E-state index contributed by atoms with van der Waals surface area (Å²) in [6, 6.07) is 7.93. The molecule has 1 unspecified atom stereocenters. The highest BCUT2D eigenvalue weighted by Crippen LogP contribution is 2.28. The second-order valence-corrected chi connectivity index (χ2v) is 6.45. The zero-order valence-electron chi connectivity index (χ0n) is 14.8. The number of benzene rings is 1. The average molecular weight is 374 g/mol. The summed E-state index contributed by atoms with van der Waals surface area (Å²) in [4.78, 5) is 15.5. The van der Waals surface area contributed by atoms with Crippen LogP contribution >= 0.6 is 0 Å². The van der Waals surface area contributed by atoms with Gasteiger partial charge in [-0.3, -0.25) is 10.4 Å². The molecule has 1 aromatic carbocycles. The number of imidazole rings is 1. The molecular weight excluding hydrogens is 359 g/mol. The Morgan fingerprint density at radius 3 is 2.93 bits per heavy atom. The molecule has 138 valence electrons. The zero-order valence-corrected chi connectivity index (χ0v) is 14.8. The molecule has 0 aliphatic rings. The van der Waals surface area contributed by atoms with Crippen molar-refractivity contribution < 1.29 is 4.39 Å². The molecule has 5 aromatic rings. The lowest BCUT2D eigenvalue weighted by Gasteiger charge is -2.14. The van der Waals surface area contributed by atoms with E-state index in [0.717, 1.165) is 11.2 Å². The molecule has 0 saturated heterocycles. The van der Waals surface area contributed by atoms with E-state index in [4.69, 9.17) is 10.5 Å². The highest BCUT2D eigenvalue weighted by Gasteiger charge is 2.20. The molecule has 4 heterocycles. The number of hydrogen-bond acceptors (Lipinski definition) is 5. The van der Waals surface area contributed by atoms with Crippen LogP contribution in [-0.2, 0) is 0 Å². The number of pyridine rings is 1. The van der Waals surface area contributed by atoms with Crippen LogP contribution in [0, 0.1) is 11.2 Å². The lowest BCUT2D eigenvalue weighted by Crippen LogP contribution is -2.25. The minimum Gasteiger partial charge on any atom is -0.340 e. The Kier molecular flexibility index (Phi) is 3.54. The molecule has 4 aromatic heterocycles. The van der Waals surface area contributed by atoms with E-state index in [9.17, 15) is 4.39 Å². The standard InChI is InChI=1S/C19H15FN8/c1-11(27-10-25-19-17(18(27)21)23-9-24-19)16-14-7-12(20)4-5-15(14)28(26-16)13-3-2-6-22-8-13/h2-11,21H,1H3,(H,23,24). The molecule has 0 amide bonds. The van der Waals surface area contributed by atoms with Crippen LogP contribution in [0.5, 0.6) is 0 Å². The summed E-state index contributed by atoms with van der Waals surface area (Å²) in [6.07, 6.45) is 6.45. The van der Waals surface area contributed by atoms with E-state index >= 15 is 0 Å². The van der Waals surface area contributed by atoms with Crippen LogP contribution in [0.25, 0.3) is 27.8 Å². The third-order valence-electron chi connectivity index (χ3n) is 4.79. The number of halogens is 1. The first-order chi connectivity index (χ1) is 13.6. The molecule has 1 atom stereocenters. The molecule has 28 heavy (non-hydrogen) atoms. The maximum Gasteiger partial charge on any atom is 0.182 e. The third-order valence-corrected chi connectivity index (χ3v) is 4.79. The Balaban J connectivity index is 1.75. The van der Waals surface area contributed by atoms with Crippen molar-refractivity contribution in [2.75, 3.05) is 0 Å². The van der Waals surface area contributed by atoms with Crippen LogP contribution in [0.4, 0.5) is 4.39 Å². The maximum absolute atomic E-state index is 14.0. The van der Waals surface area contributed by atoms with Crippen LogP contribution in [0.3, 0.4) is 0 Å². The van der Waals surface area contributed by atoms with Crippen LogP contribution in [0.1, 0.15) is 18.7 Å². The number of aromatic nitrogens is 7. The molecular formula is C19H15FN8. The molecule has 2 N–H and O–H groups in total. The quantitative estimate of drug-likeness (QED) is 0.507. The van der Waals surface area contributed by atoms with Gasteiger partial charge in [-0.2, -0.15) is 5.10 Å². The van der Waals surface area contributed by atoms with Crippen LogP contribution in [0.15, 0.2) is 55.4 Å². The Morgan fingerprint density at radius 2 is 2.11 bits per heavy atom. The number of nitrogens with one attached hydrogen (secondary N) is 2. The minimum absolute atomic E-state index is 0.232. The number of rotatable bonds is 3. The lowest BCUT2D eigenvalue weighted by molar-refractivity contribution is 0.575. The van der Waals surface area contributed by atoms with Gasteiger partial charge in [-0.1, -0.05) is 0 Å². The first kappa shape index (κ1) is 16.3. The van der Waals surface area contributed by atoms with E-state index in [1.165, 1.54) is 18.5 Å². The van der Waals surface area contributed by atoms with Crippen molar-refractivity contribution in [2.45, 2.75) is 13.0 Å². The SMILES string of the molecule is CC(c1nn(-c2cccnc2)c2ccc(F)cc12)n1cnc2nc[nH]c2c1=N. The fourth-order valence-electron chi connectivity index (χ4n) is 3.39. The molecule has 0 radical (unpaired) electrons. The van der Waals surface area contributed by atoms with Crippen LogP contribution in [0.2, 0.25) is 0 Å². The van der Waals surface area contributed by atoms with Gasteiger partial charge in [0.25, 0.3) is 0 Å². The van der Waals surface area contributed by atoms with Gasteiger partial charge < -0.3 is 9.55 Å². The zero-order chi connectivity index (χ0) is 19.3. The van der Waals surface area contributed by atoms with Gasteiger partial charge >= 0.3 is 0 Å². The molecule has 0 aliphatic heterocycles. The van der Waals surface area contributed by atoms with Crippen molar-refractivity contribution in [1.29, 1.82) is 5.41 Å². The Hall–Kier alpha value is -3.88. The van der Waals surface area contributed by atoms with Crippen LogP contribution < -0.4 is 5.49 Å². The molecule has 9 heteroatoms. The summed E-state index contributed by atoms with van der Waals surface area (Å²) in [5, 5.41) is 13.9. The van der Waals surface area contributed by atoms with Gasteiger partial charge in [0, 0.05) is 11.6 Å². The minimum atomic E-state index is -0.352. The third kappa shape index (κ3) is 2.40. The average Bonchev–Trinajstić information content (AvgIpc) is 3.33. The maximum atomic E-state index is 14.0. The number of nitrogens with zero attached hydrogens (tertiary/aromatic N) is 6. The van der Waals surface area contributed by atoms with Gasteiger partial charge in [-0.05, 0) is 37.3 Å². The lowest BCUT2D eigenvalue weighted by atomic mass is 10.1. The van der Waals surface area contributed by atoms with Gasteiger partial charge in [-0.15, -0.1) is 0 Å². The molecule has 0 fully saturated rings. The summed E-state index contributed by atoms with van der Waals surface area (Å²) >= 11 is 0. The summed E-state index contributed by atoms with van der Waals surface area (Å²) in [5.74, 6) is -0.343. The molecule has 0 saturated carbocycles. The van der Waals surface area contributed by atoms with Crippen molar-refractivity contribution in [3.63, 3.8) is 0 Å². The normalized spacial score (nSPS) is 12.6. The second-order valence-electron chi connectivity index (χ2n) is 6.45. The van der Waals surface area contributed by atoms with Crippen molar-refractivity contribution in [3.8, 4) is 5.69 Å². The molecule has 0 spiro atoms. The van der Waals surface area contributed by atoms with Crippen molar-refractivity contribution >= 4 is 22.1 Å². The van der Waals surface area contributed by atoms with E-state index in [2.05, 4.69) is 19.9 Å². The van der Waals surface area contributed by atoms with Gasteiger partial charge in [0.15, 0.2) is 11.1 Å². The fourth-order valence-corrected chi connectivity index (χ4v) is 3.39. The van der Waals surface area contributed by atoms with Crippen molar-refractivity contribution in [3.05, 3.63) is 72.4 Å². The highest BCUT2D eigenvalue weighted by molar-refractivity contribution is 5.84. The van der Waals surface area contributed by atoms with Gasteiger partial charge in [0.05, 0.1) is 41.8 Å². The highest BCUT2D eigenvalue weighted by atomic mass is 19.1. The Morgan fingerprint density at radius 1 is 1.21 bits per heavy atom. The number of aromatic amines is 1. The smallest absolute Gasteiger partial charge is 0.182 e. The number of H-pyrrole nitrogens is 1. The van der Waals surface area contributed by atoms with Gasteiger partial charge in [-0.25, -0.2) is 19.0 Å². The Labute approximate surface area is 157 Å². The number of fused-ring (bicyclic) bond motifs is 2.